The Morgan fingerprint density at radius 2 is 2.19 bits per heavy atom. The molecule has 5 nitrogen and oxygen atoms in total. The van der Waals surface area contributed by atoms with Crippen molar-refractivity contribution in [1.82, 2.24) is 4.72 Å². The molecule has 0 aromatic heterocycles. The number of aryl methyl sites for hydroxylation is 1. The lowest BCUT2D eigenvalue weighted by molar-refractivity contribution is 0.581. The Hall–Kier alpha value is -1.47. The second-order valence-electron chi connectivity index (χ2n) is 3.26. The highest BCUT2D eigenvalue weighted by atomic mass is 32.2. The molecule has 0 aliphatic carbocycles. The molecule has 1 rings (SSSR count). The van der Waals surface area contributed by atoms with Gasteiger partial charge in [0.2, 0.25) is 10.0 Å². The normalized spacial score (nSPS) is 11.4. The Kier molecular flexibility index (Phi) is 3.61. The molecule has 16 heavy (non-hydrogen) atoms. The number of nitrogens with one attached hydrogen (secondary N) is 2. The number of nitrogens with two attached hydrogens (primary N) is 1. The SMILES string of the molecule is Cc1ccc(F)cc1S(=O)(=O)NCC(=N)N. The summed E-state index contributed by atoms with van der Waals surface area (Å²) in [4.78, 5) is -0.145. The summed E-state index contributed by atoms with van der Waals surface area (Å²) in [6.07, 6.45) is 0. The summed E-state index contributed by atoms with van der Waals surface area (Å²) in [6, 6.07) is 3.48. The van der Waals surface area contributed by atoms with E-state index in [1.165, 1.54) is 12.1 Å². The zero-order valence-corrected chi connectivity index (χ0v) is 9.44. The lowest BCUT2D eigenvalue weighted by Gasteiger charge is -2.08. The summed E-state index contributed by atoms with van der Waals surface area (Å²) in [6.45, 7) is 1.26. The lowest BCUT2D eigenvalue weighted by Crippen LogP contribution is -2.33. The molecule has 0 heterocycles. The summed E-state index contributed by atoms with van der Waals surface area (Å²) in [5, 5.41) is 6.91. The molecule has 0 spiro atoms. The molecule has 0 bridgehead atoms. The van der Waals surface area contributed by atoms with Gasteiger partial charge in [-0.15, -0.1) is 0 Å². The third-order valence-corrected chi connectivity index (χ3v) is 3.44. The molecule has 0 aliphatic rings. The van der Waals surface area contributed by atoms with E-state index in [0.717, 1.165) is 6.07 Å². The van der Waals surface area contributed by atoms with Crippen molar-refractivity contribution in [3.8, 4) is 0 Å². The van der Waals surface area contributed by atoms with Gasteiger partial charge in [0.15, 0.2) is 0 Å². The van der Waals surface area contributed by atoms with Crippen molar-refractivity contribution in [2.45, 2.75) is 11.8 Å². The predicted molar refractivity (Wildman–Crippen MR) is 58.2 cm³/mol. The highest BCUT2D eigenvalue weighted by Crippen LogP contribution is 2.15. The number of rotatable bonds is 4. The molecule has 0 unspecified atom stereocenters. The Balaban J connectivity index is 3.07. The van der Waals surface area contributed by atoms with Gasteiger partial charge in [-0.1, -0.05) is 6.07 Å². The van der Waals surface area contributed by atoms with Crippen LogP contribution >= 0.6 is 0 Å². The third kappa shape index (κ3) is 3.01. The monoisotopic (exact) mass is 245 g/mol. The Morgan fingerprint density at radius 1 is 1.56 bits per heavy atom. The van der Waals surface area contributed by atoms with Crippen LogP contribution in [0, 0.1) is 18.2 Å². The molecule has 0 aliphatic heterocycles. The molecular formula is C9H12FN3O2S. The van der Waals surface area contributed by atoms with Crippen molar-refractivity contribution in [3.63, 3.8) is 0 Å². The molecule has 0 saturated heterocycles. The van der Waals surface area contributed by atoms with Gasteiger partial charge in [0.25, 0.3) is 0 Å². The van der Waals surface area contributed by atoms with E-state index in [9.17, 15) is 12.8 Å². The van der Waals surface area contributed by atoms with Crippen LogP contribution in [0.3, 0.4) is 0 Å². The van der Waals surface area contributed by atoms with Gasteiger partial charge in [0.05, 0.1) is 11.4 Å². The molecule has 0 radical (unpaired) electrons. The zero-order chi connectivity index (χ0) is 12.3. The topological polar surface area (TPSA) is 96.0 Å². The van der Waals surface area contributed by atoms with Gasteiger partial charge in [0, 0.05) is 0 Å². The fourth-order valence-corrected chi connectivity index (χ4v) is 2.37. The minimum atomic E-state index is -3.82. The van der Waals surface area contributed by atoms with Crippen molar-refractivity contribution in [3.05, 3.63) is 29.6 Å². The molecule has 0 saturated carbocycles. The first-order valence-corrected chi connectivity index (χ1v) is 5.90. The summed E-state index contributed by atoms with van der Waals surface area (Å²) >= 11 is 0. The van der Waals surface area contributed by atoms with E-state index in [4.69, 9.17) is 11.1 Å². The minimum absolute atomic E-state index is 0.145. The Labute approximate surface area is 93.0 Å². The minimum Gasteiger partial charge on any atom is -0.387 e. The van der Waals surface area contributed by atoms with E-state index in [-0.39, 0.29) is 17.3 Å². The van der Waals surface area contributed by atoms with Crippen LogP contribution in [0.1, 0.15) is 5.56 Å². The number of hydrogen-bond donors (Lipinski definition) is 3. The van der Waals surface area contributed by atoms with Gasteiger partial charge < -0.3 is 5.73 Å². The average Bonchev–Trinajstić information content (AvgIpc) is 2.19. The van der Waals surface area contributed by atoms with Crippen molar-refractivity contribution in [2.24, 2.45) is 5.73 Å². The molecule has 4 N–H and O–H groups in total. The van der Waals surface area contributed by atoms with E-state index in [1.807, 2.05) is 0 Å². The van der Waals surface area contributed by atoms with Gasteiger partial charge in [0.1, 0.15) is 11.7 Å². The summed E-state index contributed by atoms with van der Waals surface area (Å²) in [5.74, 6) is -0.938. The van der Waals surface area contributed by atoms with Gasteiger partial charge in [-0.2, -0.15) is 0 Å². The Bertz CT molecular complexity index is 513. The van der Waals surface area contributed by atoms with Gasteiger partial charge in [-0.05, 0) is 24.6 Å². The average molecular weight is 245 g/mol. The number of sulfonamides is 1. The molecule has 88 valence electrons. The third-order valence-electron chi connectivity index (χ3n) is 1.89. The van der Waals surface area contributed by atoms with E-state index in [1.54, 1.807) is 6.92 Å². The highest BCUT2D eigenvalue weighted by molar-refractivity contribution is 7.89. The fraction of sp³-hybridized carbons (Fsp3) is 0.222. The van der Waals surface area contributed by atoms with E-state index < -0.39 is 15.8 Å². The predicted octanol–water partition coefficient (Wildman–Crippen LogP) is 0.348. The summed E-state index contributed by atoms with van der Waals surface area (Å²) < 4.78 is 38.4. The van der Waals surface area contributed by atoms with Crippen molar-refractivity contribution in [1.29, 1.82) is 5.41 Å². The van der Waals surface area contributed by atoms with Crippen molar-refractivity contribution >= 4 is 15.9 Å². The van der Waals surface area contributed by atoms with Gasteiger partial charge in [-0.3, -0.25) is 5.41 Å². The van der Waals surface area contributed by atoms with Gasteiger partial charge in [-0.25, -0.2) is 17.5 Å². The van der Waals surface area contributed by atoms with Crippen LogP contribution in [0.15, 0.2) is 23.1 Å². The maximum atomic E-state index is 12.9. The molecule has 1 aromatic rings. The zero-order valence-electron chi connectivity index (χ0n) is 8.62. The summed E-state index contributed by atoms with van der Waals surface area (Å²) in [5.41, 5.74) is 5.46. The van der Waals surface area contributed by atoms with Gasteiger partial charge >= 0.3 is 0 Å². The quantitative estimate of drug-likeness (QED) is 0.527. The van der Waals surface area contributed by atoms with Crippen LogP contribution in [-0.2, 0) is 10.0 Å². The first kappa shape index (κ1) is 12.6. The first-order chi connectivity index (χ1) is 7.33. The van der Waals surface area contributed by atoms with Crippen LogP contribution in [0.4, 0.5) is 4.39 Å². The first-order valence-electron chi connectivity index (χ1n) is 4.41. The number of halogens is 1. The van der Waals surface area contributed by atoms with Crippen LogP contribution < -0.4 is 10.5 Å². The van der Waals surface area contributed by atoms with Crippen molar-refractivity contribution < 1.29 is 12.8 Å². The largest absolute Gasteiger partial charge is 0.387 e. The Morgan fingerprint density at radius 3 is 2.75 bits per heavy atom. The molecule has 7 heteroatoms. The second kappa shape index (κ2) is 4.58. The summed E-state index contributed by atoms with van der Waals surface area (Å²) in [7, 11) is -3.82. The van der Waals surface area contributed by atoms with Crippen LogP contribution in [-0.4, -0.2) is 20.8 Å². The standard InChI is InChI=1S/C9H12FN3O2S/c1-6-2-3-7(10)4-8(6)16(14,15)13-5-9(11)12/h2-4,13H,5H2,1H3,(H3,11,12). The van der Waals surface area contributed by atoms with E-state index in [0.29, 0.717) is 5.56 Å². The van der Waals surface area contributed by atoms with E-state index in [2.05, 4.69) is 4.72 Å². The maximum Gasteiger partial charge on any atom is 0.241 e. The van der Waals surface area contributed by atoms with Crippen LogP contribution in [0.5, 0.6) is 0 Å². The number of amidine groups is 1. The molecule has 0 fully saturated rings. The number of hydrogen-bond acceptors (Lipinski definition) is 3. The highest BCUT2D eigenvalue weighted by Gasteiger charge is 2.17. The smallest absolute Gasteiger partial charge is 0.241 e. The second-order valence-corrected chi connectivity index (χ2v) is 4.99. The number of benzene rings is 1. The molecule has 0 atom stereocenters. The fourth-order valence-electron chi connectivity index (χ4n) is 1.11. The van der Waals surface area contributed by atoms with Crippen LogP contribution in [0.25, 0.3) is 0 Å². The van der Waals surface area contributed by atoms with E-state index >= 15 is 0 Å². The molecular weight excluding hydrogens is 233 g/mol. The van der Waals surface area contributed by atoms with Crippen molar-refractivity contribution in [2.75, 3.05) is 6.54 Å². The molecule has 0 amide bonds. The molecule has 1 aromatic carbocycles. The lowest BCUT2D eigenvalue weighted by atomic mass is 10.2. The maximum absolute atomic E-state index is 12.9. The van der Waals surface area contributed by atoms with Crippen LogP contribution in [0.2, 0.25) is 0 Å².